The Balaban J connectivity index is 1.50. The molecule has 5 rings (SSSR count). The summed E-state index contributed by atoms with van der Waals surface area (Å²) in [5.41, 5.74) is 6.07. The molecule has 11 heteroatoms. The van der Waals surface area contributed by atoms with E-state index in [9.17, 15) is 14.0 Å². The first-order chi connectivity index (χ1) is 18.0. The minimum Gasteiger partial charge on any atom is -0.444 e. The predicted octanol–water partition coefficient (Wildman–Crippen LogP) is 4.77. The second kappa shape index (κ2) is 9.47. The van der Waals surface area contributed by atoms with Crippen LogP contribution in [0.3, 0.4) is 0 Å². The highest BCUT2D eigenvalue weighted by atomic mass is 19.1. The summed E-state index contributed by atoms with van der Waals surface area (Å²) in [6, 6.07) is 9.15. The Kier molecular flexibility index (Phi) is 6.29. The van der Waals surface area contributed by atoms with Gasteiger partial charge in [-0.1, -0.05) is 18.2 Å². The fourth-order valence-corrected chi connectivity index (χ4v) is 4.52. The highest BCUT2D eigenvalue weighted by Gasteiger charge is 2.33. The van der Waals surface area contributed by atoms with Crippen molar-refractivity contribution in [3.05, 3.63) is 71.6 Å². The van der Waals surface area contributed by atoms with Crippen molar-refractivity contribution < 1.29 is 23.1 Å². The van der Waals surface area contributed by atoms with Crippen LogP contribution in [0.2, 0.25) is 0 Å². The number of nitrogens with two attached hydrogens (primary N) is 1. The molecule has 1 fully saturated rings. The fraction of sp³-hybridized carbons (Fsp3) is 0.296. The number of carbonyl (C=O) groups is 2. The number of likely N-dealkylation sites (tertiary alicyclic amines) is 1. The number of anilines is 1. The number of amides is 1. The predicted molar refractivity (Wildman–Crippen MR) is 136 cm³/mol. The van der Waals surface area contributed by atoms with Gasteiger partial charge in [-0.05, 0) is 51.5 Å². The molecule has 1 saturated heterocycles. The van der Waals surface area contributed by atoms with Crippen LogP contribution in [0.5, 0.6) is 0 Å². The average Bonchev–Trinajstić information content (AvgIpc) is 3.49. The van der Waals surface area contributed by atoms with E-state index in [4.69, 9.17) is 10.5 Å². The van der Waals surface area contributed by atoms with Crippen molar-refractivity contribution in [2.45, 2.75) is 38.8 Å². The molecule has 1 unspecified atom stereocenters. The minimum absolute atomic E-state index is 0.00638. The van der Waals surface area contributed by atoms with E-state index < -0.39 is 29.1 Å². The van der Waals surface area contributed by atoms with E-state index in [1.165, 1.54) is 42.7 Å². The van der Waals surface area contributed by atoms with Crippen LogP contribution in [-0.2, 0) is 4.74 Å². The molecule has 0 radical (unpaired) electrons. The second-order valence-corrected chi connectivity index (χ2v) is 10.1. The van der Waals surface area contributed by atoms with Crippen molar-refractivity contribution in [2.75, 3.05) is 18.8 Å². The molecule has 1 aliphatic heterocycles. The number of nitrogens with zero attached hydrogens (tertiary/aromatic N) is 5. The van der Waals surface area contributed by atoms with Gasteiger partial charge in [0.15, 0.2) is 11.4 Å². The van der Waals surface area contributed by atoms with Gasteiger partial charge in [-0.2, -0.15) is 5.10 Å². The molecule has 1 atom stereocenters. The van der Waals surface area contributed by atoms with E-state index >= 15 is 4.39 Å². The van der Waals surface area contributed by atoms with Crippen LogP contribution in [0.15, 0.2) is 48.8 Å². The molecule has 4 aromatic rings. The van der Waals surface area contributed by atoms with Gasteiger partial charge in [-0.15, -0.1) is 0 Å². The first kappa shape index (κ1) is 25.2. The van der Waals surface area contributed by atoms with E-state index in [-0.39, 0.29) is 34.2 Å². The van der Waals surface area contributed by atoms with Crippen LogP contribution in [-0.4, -0.2) is 55.2 Å². The Hall–Kier alpha value is -4.41. The van der Waals surface area contributed by atoms with Crippen LogP contribution in [0, 0.1) is 11.6 Å². The van der Waals surface area contributed by atoms with Gasteiger partial charge in [-0.25, -0.2) is 28.2 Å². The van der Waals surface area contributed by atoms with Crippen molar-refractivity contribution in [1.82, 2.24) is 24.6 Å². The molecule has 3 heterocycles. The normalized spacial score (nSPS) is 15.7. The number of fused-ring (bicyclic) bond motifs is 1. The van der Waals surface area contributed by atoms with Gasteiger partial charge in [-0.3, -0.25) is 4.79 Å². The first-order valence-electron chi connectivity index (χ1n) is 12.1. The monoisotopic (exact) mass is 520 g/mol. The van der Waals surface area contributed by atoms with Gasteiger partial charge in [0.1, 0.15) is 35.1 Å². The van der Waals surface area contributed by atoms with Gasteiger partial charge in [0.2, 0.25) is 0 Å². The summed E-state index contributed by atoms with van der Waals surface area (Å²) in [6.07, 6.45) is 1.46. The topological polar surface area (TPSA) is 116 Å². The Bertz CT molecular complexity index is 1560. The molecule has 9 nitrogen and oxygen atoms in total. The number of nitrogen functional groups attached to an aromatic ring is 1. The van der Waals surface area contributed by atoms with Gasteiger partial charge in [0, 0.05) is 24.2 Å². The van der Waals surface area contributed by atoms with Crippen molar-refractivity contribution in [3.8, 4) is 11.3 Å². The summed E-state index contributed by atoms with van der Waals surface area (Å²) in [6.45, 7) is 6.19. The molecular weight excluding hydrogens is 494 g/mol. The summed E-state index contributed by atoms with van der Waals surface area (Å²) < 4.78 is 36.7. The second-order valence-electron chi connectivity index (χ2n) is 10.1. The van der Waals surface area contributed by atoms with Crippen LogP contribution < -0.4 is 5.73 Å². The molecule has 0 spiro atoms. The number of halogens is 2. The summed E-state index contributed by atoms with van der Waals surface area (Å²) in [5.74, 6) is -1.94. The van der Waals surface area contributed by atoms with Crippen LogP contribution >= 0.6 is 0 Å². The van der Waals surface area contributed by atoms with E-state index in [0.717, 1.165) is 6.07 Å². The lowest BCUT2D eigenvalue weighted by Gasteiger charge is -2.24. The van der Waals surface area contributed by atoms with Crippen LogP contribution in [0.25, 0.3) is 22.3 Å². The van der Waals surface area contributed by atoms with Crippen molar-refractivity contribution in [1.29, 1.82) is 0 Å². The van der Waals surface area contributed by atoms with Crippen LogP contribution in [0.1, 0.15) is 49.2 Å². The van der Waals surface area contributed by atoms with E-state index in [1.807, 2.05) is 0 Å². The number of ether oxygens (including phenoxy) is 1. The number of rotatable bonds is 4. The SMILES string of the molecule is CC(C)(C)OC(=O)N1CCC(n2nc(-c3ccc(C(=O)c4ccccc4F)cc3F)c3c(N)ncnc32)C1. The van der Waals surface area contributed by atoms with Crippen molar-refractivity contribution >= 4 is 28.7 Å². The van der Waals surface area contributed by atoms with Crippen LogP contribution in [0.4, 0.5) is 19.4 Å². The number of hydrogen-bond donors (Lipinski definition) is 1. The molecule has 1 amide bonds. The molecule has 38 heavy (non-hydrogen) atoms. The Morgan fingerprint density at radius 2 is 1.84 bits per heavy atom. The Morgan fingerprint density at radius 1 is 1.08 bits per heavy atom. The zero-order valence-corrected chi connectivity index (χ0v) is 21.1. The summed E-state index contributed by atoms with van der Waals surface area (Å²) in [7, 11) is 0. The number of ketones is 1. The van der Waals surface area contributed by atoms with E-state index in [2.05, 4.69) is 15.1 Å². The average molecular weight is 521 g/mol. The zero-order chi connectivity index (χ0) is 27.2. The lowest BCUT2D eigenvalue weighted by atomic mass is 10.00. The Labute approximate surface area is 217 Å². The lowest BCUT2D eigenvalue weighted by Crippen LogP contribution is -2.35. The number of aromatic nitrogens is 4. The molecule has 2 N–H and O–H groups in total. The van der Waals surface area contributed by atoms with Gasteiger partial charge >= 0.3 is 6.09 Å². The molecule has 0 saturated carbocycles. The molecule has 196 valence electrons. The smallest absolute Gasteiger partial charge is 0.410 e. The molecule has 1 aliphatic rings. The maximum Gasteiger partial charge on any atom is 0.410 e. The minimum atomic E-state index is -0.733. The standard InChI is InChI=1S/C27H26F2N6O3/c1-27(2,3)38-26(37)34-11-10-16(13-34)35-25-21(24(30)31-14-32-25)22(33-35)17-9-8-15(12-20(17)29)23(36)18-6-4-5-7-19(18)28/h4-9,12,14,16H,10-11,13H2,1-3H3,(H2,30,31,32). The Morgan fingerprint density at radius 3 is 2.55 bits per heavy atom. The largest absolute Gasteiger partial charge is 0.444 e. The molecule has 0 bridgehead atoms. The summed E-state index contributed by atoms with van der Waals surface area (Å²) in [4.78, 5) is 35.3. The van der Waals surface area contributed by atoms with Crippen molar-refractivity contribution in [2.24, 2.45) is 0 Å². The quantitative estimate of drug-likeness (QED) is 0.386. The lowest BCUT2D eigenvalue weighted by molar-refractivity contribution is 0.0288. The molecule has 2 aromatic carbocycles. The molecular formula is C27H26F2N6O3. The van der Waals surface area contributed by atoms with Gasteiger partial charge in [0.25, 0.3) is 0 Å². The third-order valence-electron chi connectivity index (χ3n) is 6.28. The third-order valence-corrected chi connectivity index (χ3v) is 6.28. The van der Waals surface area contributed by atoms with Gasteiger partial charge in [0.05, 0.1) is 17.0 Å². The highest BCUT2D eigenvalue weighted by Crippen LogP contribution is 2.35. The number of carbonyl (C=O) groups excluding carboxylic acids is 2. The molecule has 0 aliphatic carbocycles. The third kappa shape index (κ3) is 4.67. The zero-order valence-electron chi connectivity index (χ0n) is 21.1. The molecule has 2 aromatic heterocycles. The fourth-order valence-electron chi connectivity index (χ4n) is 4.52. The number of hydrogen-bond acceptors (Lipinski definition) is 7. The van der Waals surface area contributed by atoms with Crippen molar-refractivity contribution in [3.63, 3.8) is 0 Å². The van der Waals surface area contributed by atoms with E-state index in [0.29, 0.717) is 30.5 Å². The highest BCUT2D eigenvalue weighted by molar-refractivity contribution is 6.09. The first-order valence-corrected chi connectivity index (χ1v) is 12.1. The summed E-state index contributed by atoms with van der Waals surface area (Å²) in [5, 5.41) is 5.01. The van der Waals surface area contributed by atoms with Gasteiger partial charge < -0.3 is 15.4 Å². The maximum absolute atomic E-state index is 15.4. The maximum atomic E-state index is 15.4. The van der Waals surface area contributed by atoms with E-state index in [1.54, 1.807) is 30.4 Å². The number of benzene rings is 2. The summed E-state index contributed by atoms with van der Waals surface area (Å²) >= 11 is 0.